The van der Waals surface area contributed by atoms with E-state index in [2.05, 4.69) is 9.68 Å². The first kappa shape index (κ1) is 13.5. The zero-order valence-electron chi connectivity index (χ0n) is 10.2. The molecule has 0 N–H and O–H groups in total. The molecule has 0 atom stereocenters. The third kappa shape index (κ3) is 3.07. The summed E-state index contributed by atoms with van der Waals surface area (Å²) in [6, 6.07) is 7.65. The topological polar surface area (TPSA) is 35.3 Å². The van der Waals surface area contributed by atoms with Crippen LogP contribution in [0.5, 0.6) is 5.75 Å². The largest absolute Gasteiger partial charge is 0.493 e. The van der Waals surface area contributed by atoms with Gasteiger partial charge in [-0.1, -0.05) is 24.2 Å². The second-order valence-electron chi connectivity index (χ2n) is 3.92. The third-order valence-corrected chi connectivity index (χ3v) is 2.41. The molecule has 0 aliphatic rings. The van der Waals surface area contributed by atoms with Crippen molar-refractivity contribution in [3.05, 3.63) is 36.1 Å². The number of halogens is 3. The Bertz CT molecular complexity index is 549. The standard InChI is InChI=1S/C13H12F3NO2/c1-2-7-18-11-6-4-3-5-9(11)10-8-12(19-17-10)13(14,15)16/h3-6,8H,2,7H2,1H3. The van der Waals surface area contributed by atoms with Gasteiger partial charge >= 0.3 is 6.18 Å². The summed E-state index contributed by atoms with van der Waals surface area (Å²) >= 11 is 0. The van der Waals surface area contributed by atoms with Crippen molar-refractivity contribution in [2.24, 2.45) is 0 Å². The van der Waals surface area contributed by atoms with Crippen LogP contribution in [-0.4, -0.2) is 11.8 Å². The Kier molecular flexibility index (Phi) is 3.78. The highest BCUT2D eigenvalue weighted by molar-refractivity contribution is 5.66. The Morgan fingerprint density at radius 3 is 2.63 bits per heavy atom. The molecule has 1 heterocycles. The minimum atomic E-state index is -4.54. The zero-order valence-corrected chi connectivity index (χ0v) is 10.2. The van der Waals surface area contributed by atoms with Crippen LogP contribution < -0.4 is 4.74 Å². The molecule has 1 aromatic carbocycles. The van der Waals surface area contributed by atoms with Gasteiger partial charge in [0.1, 0.15) is 11.4 Å². The smallest absolute Gasteiger partial charge is 0.452 e. The van der Waals surface area contributed by atoms with E-state index in [1.165, 1.54) is 0 Å². The van der Waals surface area contributed by atoms with Crippen LogP contribution in [0.3, 0.4) is 0 Å². The minimum Gasteiger partial charge on any atom is -0.493 e. The molecule has 0 fully saturated rings. The number of para-hydroxylation sites is 1. The zero-order chi connectivity index (χ0) is 13.9. The first-order chi connectivity index (χ1) is 9.02. The molecule has 0 amide bonds. The molecule has 0 unspecified atom stereocenters. The Balaban J connectivity index is 2.33. The average molecular weight is 271 g/mol. The molecule has 0 radical (unpaired) electrons. The maximum atomic E-state index is 12.5. The number of alkyl halides is 3. The number of hydrogen-bond acceptors (Lipinski definition) is 3. The molecule has 2 rings (SSSR count). The number of benzene rings is 1. The highest BCUT2D eigenvalue weighted by Gasteiger charge is 2.36. The molecule has 0 bridgehead atoms. The Hall–Kier alpha value is -1.98. The monoisotopic (exact) mass is 271 g/mol. The molecular formula is C13H12F3NO2. The van der Waals surface area contributed by atoms with Crippen molar-refractivity contribution in [3.63, 3.8) is 0 Å². The van der Waals surface area contributed by atoms with Gasteiger partial charge < -0.3 is 9.26 Å². The maximum absolute atomic E-state index is 12.5. The quantitative estimate of drug-likeness (QED) is 0.838. The molecule has 6 heteroatoms. The fraction of sp³-hybridized carbons (Fsp3) is 0.308. The van der Waals surface area contributed by atoms with Gasteiger partial charge in [-0.2, -0.15) is 13.2 Å². The van der Waals surface area contributed by atoms with Crippen LogP contribution in [0.4, 0.5) is 13.2 Å². The van der Waals surface area contributed by atoms with Gasteiger partial charge in [0.2, 0.25) is 5.76 Å². The van der Waals surface area contributed by atoms with Crippen LogP contribution in [0, 0.1) is 0 Å². The van der Waals surface area contributed by atoms with Gasteiger partial charge in [-0.05, 0) is 18.6 Å². The lowest BCUT2D eigenvalue weighted by atomic mass is 10.1. The van der Waals surface area contributed by atoms with E-state index in [-0.39, 0.29) is 5.69 Å². The van der Waals surface area contributed by atoms with Crippen LogP contribution in [0.25, 0.3) is 11.3 Å². The maximum Gasteiger partial charge on any atom is 0.452 e. The Morgan fingerprint density at radius 1 is 1.26 bits per heavy atom. The Labute approximate surface area is 108 Å². The third-order valence-electron chi connectivity index (χ3n) is 2.41. The molecule has 0 saturated heterocycles. The lowest BCUT2D eigenvalue weighted by molar-refractivity contribution is -0.155. The lowest BCUT2D eigenvalue weighted by Crippen LogP contribution is -2.02. The summed E-state index contributed by atoms with van der Waals surface area (Å²) in [5.41, 5.74) is 0.592. The number of hydrogen-bond donors (Lipinski definition) is 0. The van der Waals surface area contributed by atoms with Crippen LogP contribution in [0.1, 0.15) is 19.1 Å². The molecule has 1 aromatic heterocycles. The van der Waals surface area contributed by atoms with E-state index >= 15 is 0 Å². The number of nitrogens with zero attached hydrogens (tertiary/aromatic N) is 1. The van der Waals surface area contributed by atoms with E-state index in [0.29, 0.717) is 17.9 Å². The van der Waals surface area contributed by atoms with Gasteiger partial charge in [0.05, 0.1) is 6.61 Å². The number of aromatic nitrogens is 1. The van der Waals surface area contributed by atoms with Crippen LogP contribution in [0.15, 0.2) is 34.9 Å². The molecule has 0 aliphatic carbocycles. The van der Waals surface area contributed by atoms with Crippen molar-refractivity contribution < 1.29 is 22.4 Å². The van der Waals surface area contributed by atoms with Crippen LogP contribution in [0.2, 0.25) is 0 Å². The van der Waals surface area contributed by atoms with Gasteiger partial charge in [0, 0.05) is 11.6 Å². The van der Waals surface area contributed by atoms with Gasteiger partial charge in [0.15, 0.2) is 0 Å². The molecule has 0 spiro atoms. The Morgan fingerprint density at radius 2 is 2.00 bits per heavy atom. The lowest BCUT2D eigenvalue weighted by Gasteiger charge is -2.08. The summed E-state index contributed by atoms with van der Waals surface area (Å²) in [6.45, 7) is 2.43. The minimum absolute atomic E-state index is 0.110. The molecule has 0 aliphatic heterocycles. The predicted octanol–water partition coefficient (Wildman–Crippen LogP) is 4.15. The fourth-order valence-corrected chi connectivity index (χ4v) is 1.55. The van der Waals surface area contributed by atoms with Crippen molar-refractivity contribution in [1.82, 2.24) is 5.16 Å². The normalized spacial score (nSPS) is 11.6. The van der Waals surface area contributed by atoms with Crippen LogP contribution in [-0.2, 0) is 6.18 Å². The van der Waals surface area contributed by atoms with E-state index in [4.69, 9.17) is 4.74 Å². The molecule has 3 nitrogen and oxygen atoms in total. The molecule has 102 valence electrons. The molecule has 19 heavy (non-hydrogen) atoms. The van der Waals surface area contributed by atoms with Gasteiger partial charge in [-0.15, -0.1) is 0 Å². The van der Waals surface area contributed by atoms with Crippen molar-refractivity contribution in [2.45, 2.75) is 19.5 Å². The summed E-state index contributed by atoms with van der Waals surface area (Å²) in [6.07, 6.45) is -3.73. The van der Waals surface area contributed by atoms with E-state index in [9.17, 15) is 13.2 Å². The van der Waals surface area contributed by atoms with Crippen molar-refractivity contribution in [2.75, 3.05) is 6.61 Å². The van der Waals surface area contributed by atoms with E-state index in [1.54, 1.807) is 24.3 Å². The molecule has 0 saturated carbocycles. The van der Waals surface area contributed by atoms with Crippen molar-refractivity contribution in [1.29, 1.82) is 0 Å². The highest BCUT2D eigenvalue weighted by Crippen LogP contribution is 2.35. The summed E-state index contributed by atoms with van der Waals surface area (Å²) < 4.78 is 47.2. The second-order valence-corrected chi connectivity index (χ2v) is 3.92. The summed E-state index contributed by atoms with van der Waals surface area (Å²) in [4.78, 5) is 0. The summed E-state index contributed by atoms with van der Waals surface area (Å²) in [5, 5.41) is 3.45. The second kappa shape index (κ2) is 5.34. The van der Waals surface area contributed by atoms with Crippen molar-refractivity contribution in [3.8, 4) is 17.0 Å². The SMILES string of the molecule is CCCOc1ccccc1-c1cc(C(F)(F)F)on1. The molecular weight excluding hydrogens is 259 g/mol. The van der Waals surface area contributed by atoms with Gasteiger partial charge in [0.25, 0.3) is 0 Å². The van der Waals surface area contributed by atoms with Crippen molar-refractivity contribution >= 4 is 0 Å². The first-order valence-corrected chi connectivity index (χ1v) is 5.78. The van der Waals surface area contributed by atoms with E-state index in [1.807, 2.05) is 6.92 Å². The van der Waals surface area contributed by atoms with E-state index in [0.717, 1.165) is 12.5 Å². The molecule has 2 aromatic rings. The van der Waals surface area contributed by atoms with E-state index < -0.39 is 11.9 Å². The number of ether oxygens (including phenoxy) is 1. The van der Waals surface area contributed by atoms with Gasteiger partial charge in [-0.3, -0.25) is 0 Å². The van der Waals surface area contributed by atoms with Crippen LogP contribution >= 0.6 is 0 Å². The predicted molar refractivity (Wildman–Crippen MR) is 62.7 cm³/mol. The summed E-state index contributed by atoms with van der Waals surface area (Å²) in [7, 11) is 0. The highest BCUT2D eigenvalue weighted by atomic mass is 19.4. The summed E-state index contributed by atoms with van der Waals surface area (Å²) in [5.74, 6) is -0.626. The fourth-order valence-electron chi connectivity index (χ4n) is 1.55. The first-order valence-electron chi connectivity index (χ1n) is 5.78. The van der Waals surface area contributed by atoms with Gasteiger partial charge in [-0.25, -0.2) is 0 Å². The average Bonchev–Trinajstić information content (AvgIpc) is 2.86. The number of rotatable bonds is 4.